The fraction of sp³-hybridized carbons (Fsp3) is 0.533. The highest BCUT2D eigenvalue weighted by Gasteiger charge is 2.54. The van der Waals surface area contributed by atoms with Crippen LogP contribution in [0.2, 0.25) is 39.3 Å². The molecule has 0 aromatic heterocycles. The molecule has 1 aliphatic heterocycles. The number of rotatable bonds is 1. The third-order valence-electron chi connectivity index (χ3n) is 5.08. The van der Waals surface area contributed by atoms with Gasteiger partial charge < -0.3 is 4.12 Å². The van der Waals surface area contributed by atoms with Crippen LogP contribution in [0.3, 0.4) is 0 Å². The Hall–Kier alpha value is -0.499. The van der Waals surface area contributed by atoms with Crippen molar-refractivity contribution >= 4 is 39.9 Å². The summed E-state index contributed by atoms with van der Waals surface area (Å²) in [6, 6.07) is 4.46. The van der Waals surface area contributed by atoms with Crippen molar-refractivity contribution in [3.05, 3.63) is 23.3 Å². The van der Waals surface area contributed by atoms with Gasteiger partial charge in [0.1, 0.15) is 7.59 Å². The summed E-state index contributed by atoms with van der Waals surface area (Å²) in [5.74, 6) is 0.164. The average Bonchev–Trinajstić information content (AvgIpc) is 2.24. The highest BCUT2D eigenvalue weighted by molar-refractivity contribution is 7.46. The highest BCUT2D eigenvalue weighted by atomic mass is 29.3. The van der Waals surface area contributed by atoms with E-state index in [4.69, 9.17) is 4.12 Å². The van der Waals surface area contributed by atoms with Crippen molar-refractivity contribution < 1.29 is 8.91 Å². The molecule has 0 saturated carbocycles. The van der Waals surface area contributed by atoms with Gasteiger partial charge in [-0.2, -0.15) is 0 Å². The zero-order valence-electron chi connectivity index (χ0n) is 14.0. The van der Waals surface area contributed by atoms with Gasteiger partial charge in [-0.15, -0.1) is 0 Å². The predicted octanol–water partition coefficient (Wildman–Crippen LogP) is 2.84. The van der Waals surface area contributed by atoms with Crippen molar-refractivity contribution in [3.8, 4) is 0 Å². The monoisotopic (exact) mass is 322 g/mol. The summed E-state index contributed by atoms with van der Waals surface area (Å²) >= 11 is 0. The second kappa shape index (κ2) is 4.50. The first-order chi connectivity index (χ1) is 8.90. The van der Waals surface area contributed by atoms with Crippen molar-refractivity contribution in [2.24, 2.45) is 0 Å². The Morgan fingerprint density at radius 3 is 2.05 bits per heavy atom. The predicted molar refractivity (Wildman–Crippen MR) is 94.0 cm³/mol. The number of Topliss-reactive ketones (excluding diaryl/α,β-unsaturated/α-hetero) is 1. The van der Waals surface area contributed by atoms with Crippen LogP contribution in [0, 0.1) is 6.92 Å². The first-order valence-electron chi connectivity index (χ1n) is 7.27. The third kappa shape index (κ3) is 2.20. The van der Waals surface area contributed by atoms with Gasteiger partial charge in [-0.25, -0.2) is 0 Å². The minimum Gasteiger partial charge on any atom is -0.454 e. The number of aryl methyl sites for hydroxylation is 1. The normalized spacial score (nSPS) is 22.2. The van der Waals surface area contributed by atoms with Gasteiger partial charge in [0.15, 0.2) is 13.6 Å². The van der Waals surface area contributed by atoms with E-state index in [0.29, 0.717) is 0 Å². The first kappa shape index (κ1) is 15.9. The number of hydrogen-bond donors (Lipinski definition) is 0. The lowest BCUT2D eigenvalue weighted by Gasteiger charge is -2.50. The molecule has 2 rings (SSSR count). The standard InChI is InChI=1S/C15H26O2Si3/c1-11-9-15-14(10-13(11)12(2)16)18(3,4)17-20(7,8)19(15,5)6/h9-10H,1-8H3. The maximum atomic E-state index is 11.8. The fourth-order valence-electron chi connectivity index (χ4n) is 3.25. The summed E-state index contributed by atoms with van der Waals surface area (Å²) in [5.41, 5.74) is 2.01. The van der Waals surface area contributed by atoms with E-state index in [9.17, 15) is 4.79 Å². The van der Waals surface area contributed by atoms with Crippen LogP contribution >= 0.6 is 0 Å². The Kier molecular flexibility index (Phi) is 3.57. The van der Waals surface area contributed by atoms with Gasteiger partial charge in [0.05, 0.1) is 0 Å². The summed E-state index contributed by atoms with van der Waals surface area (Å²) < 4.78 is 6.71. The van der Waals surface area contributed by atoms with Crippen LogP contribution in [-0.4, -0.2) is 29.5 Å². The van der Waals surface area contributed by atoms with Crippen LogP contribution in [0.5, 0.6) is 0 Å². The van der Waals surface area contributed by atoms with Crippen molar-refractivity contribution in [1.29, 1.82) is 0 Å². The molecule has 0 radical (unpaired) electrons. The molecule has 1 heterocycles. The molecule has 0 amide bonds. The Balaban J connectivity index is 2.80. The Morgan fingerprint density at radius 1 is 1.00 bits per heavy atom. The molecule has 0 aliphatic carbocycles. The van der Waals surface area contributed by atoms with E-state index in [2.05, 4.69) is 58.3 Å². The molecule has 0 fully saturated rings. The van der Waals surface area contributed by atoms with Gasteiger partial charge in [0, 0.05) is 5.56 Å². The molecule has 0 unspecified atom stereocenters. The molecule has 20 heavy (non-hydrogen) atoms. The number of carbonyl (C=O) groups is 1. The van der Waals surface area contributed by atoms with E-state index in [-0.39, 0.29) is 5.78 Å². The van der Waals surface area contributed by atoms with E-state index >= 15 is 0 Å². The van der Waals surface area contributed by atoms with Crippen LogP contribution in [-0.2, 0) is 4.12 Å². The zero-order chi connectivity index (χ0) is 15.5. The van der Waals surface area contributed by atoms with Gasteiger partial charge in [0.25, 0.3) is 0 Å². The third-order valence-corrected chi connectivity index (χ3v) is 26.7. The lowest BCUT2D eigenvalue weighted by molar-refractivity contribution is 0.101. The van der Waals surface area contributed by atoms with Crippen molar-refractivity contribution in [1.82, 2.24) is 0 Å². The topological polar surface area (TPSA) is 26.3 Å². The lowest BCUT2D eigenvalue weighted by Crippen LogP contribution is -2.79. The van der Waals surface area contributed by atoms with Crippen LogP contribution in [0.1, 0.15) is 22.8 Å². The molecular weight excluding hydrogens is 296 g/mol. The van der Waals surface area contributed by atoms with Gasteiger partial charge in [-0.05, 0) is 56.9 Å². The molecule has 5 heteroatoms. The molecule has 1 aromatic rings. The molecule has 0 saturated heterocycles. The van der Waals surface area contributed by atoms with E-state index in [1.807, 2.05) is 0 Å². The van der Waals surface area contributed by atoms with Crippen molar-refractivity contribution in [2.75, 3.05) is 0 Å². The van der Waals surface area contributed by atoms with Gasteiger partial charge in [-0.1, -0.05) is 24.3 Å². The molecular formula is C15H26O2Si3. The minimum absolute atomic E-state index is 0.164. The van der Waals surface area contributed by atoms with Crippen LogP contribution in [0.25, 0.3) is 0 Å². The summed E-state index contributed by atoms with van der Waals surface area (Å²) in [7, 11) is -5.12. The summed E-state index contributed by atoms with van der Waals surface area (Å²) in [6.07, 6.45) is 0. The van der Waals surface area contributed by atoms with Gasteiger partial charge in [-0.3, -0.25) is 4.79 Å². The SMILES string of the molecule is CC(=O)c1cc2c(cc1C)[Si](C)(C)[Si](C)(C)O[Si]2(C)C. The maximum Gasteiger partial charge on any atom is 0.205 e. The first-order valence-corrected chi connectivity index (χ1v) is 17.1. The van der Waals surface area contributed by atoms with Gasteiger partial charge in [0.2, 0.25) is 8.32 Å². The lowest BCUT2D eigenvalue weighted by atomic mass is 10.1. The number of benzene rings is 1. The molecule has 0 spiro atoms. The van der Waals surface area contributed by atoms with Crippen molar-refractivity contribution in [3.63, 3.8) is 0 Å². The van der Waals surface area contributed by atoms with E-state index in [0.717, 1.165) is 11.1 Å². The van der Waals surface area contributed by atoms with E-state index < -0.39 is 23.7 Å². The molecule has 0 atom stereocenters. The molecule has 2 nitrogen and oxygen atoms in total. The second-order valence-electron chi connectivity index (χ2n) is 7.52. The smallest absolute Gasteiger partial charge is 0.205 e. The highest BCUT2D eigenvalue weighted by Crippen LogP contribution is 2.29. The average molecular weight is 323 g/mol. The summed E-state index contributed by atoms with van der Waals surface area (Å²) in [6.45, 7) is 17.9. The molecule has 110 valence electrons. The minimum atomic E-state index is -1.89. The quantitative estimate of drug-likeness (QED) is 0.587. The summed E-state index contributed by atoms with van der Waals surface area (Å²) in [5, 5.41) is 2.93. The van der Waals surface area contributed by atoms with E-state index in [1.54, 1.807) is 12.1 Å². The Morgan fingerprint density at radius 2 is 1.55 bits per heavy atom. The molecule has 0 N–H and O–H groups in total. The molecule has 1 aromatic carbocycles. The number of ketones is 1. The summed E-state index contributed by atoms with van der Waals surface area (Å²) in [4.78, 5) is 11.8. The largest absolute Gasteiger partial charge is 0.454 e. The second-order valence-corrected chi connectivity index (χ2v) is 26.1. The maximum absolute atomic E-state index is 11.8. The number of carbonyl (C=O) groups excluding carboxylic acids is 1. The van der Waals surface area contributed by atoms with E-state index in [1.165, 1.54) is 5.19 Å². The van der Waals surface area contributed by atoms with Crippen LogP contribution in [0.15, 0.2) is 12.1 Å². The number of hydrogen-bond acceptors (Lipinski definition) is 2. The molecule has 0 bridgehead atoms. The Labute approximate surface area is 125 Å². The van der Waals surface area contributed by atoms with Crippen molar-refractivity contribution in [2.45, 2.75) is 53.1 Å². The number of fused-ring (bicyclic) bond motifs is 1. The van der Waals surface area contributed by atoms with Gasteiger partial charge >= 0.3 is 0 Å². The Bertz CT molecular complexity index is 589. The molecule has 1 aliphatic rings. The zero-order valence-corrected chi connectivity index (χ0v) is 17.0. The van der Waals surface area contributed by atoms with Crippen LogP contribution < -0.4 is 10.4 Å². The van der Waals surface area contributed by atoms with Crippen LogP contribution in [0.4, 0.5) is 0 Å². The fourth-order valence-corrected chi connectivity index (χ4v) is 22.4.